The predicted octanol–water partition coefficient (Wildman–Crippen LogP) is 3.87. The highest BCUT2D eigenvalue weighted by Crippen LogP contribution is 2.40. The maximum absolute atomic E-state index is 6.34. The van der Waals surface area contributed by atoms with Gasteiger partial charge in [-0.3, -0.25) is 0 Å². The van der Waals surface area contributed by atoms with E-state index >= 15 is 0 Å². The number of rotatable bonds is 5. The van der Waals surface area contributed by atoms with Gasteiger partial charge < -0.3 is 14.0 Å². The van der Waals surface area contributed by atoms with Gasteiger partial charge in [0.25, 0.3) is 0 Å². The van der Waals surface area contributed by atoms with E-state index in [-0.39, 0.29) is 5.60 Å². The fourth-order valence-corrected chi connectivity index (χ4v) is 3.86. The molecule has 118 valence electrons. The van der Waals surface area contributed by atoms with Crippen molar-refractivity contribution in [1.82, 2.24) is 0 Å². The molecule has 2 rings (SSSR count). The quantitative estimate of drug-likeness (QED) is 0.783. The lowest BCUT2D eigenvalue weighted by Crippen LogP contribution is -2.23. The van der Waals surface area contributed by atoms with Crippen molar-refractivity contribution in [3.05, 3.63) is 48.5 Å². The molecule has 0 spiro atoms. The third kappa shape index (κ3) is 4.46. The van der Waals surface area contributed by atoms with Crippen molar-refractivity contribution in [2.75, 3.05) is 14.2 Å². The van der Waals surface area contributed by atoms with Crippen LogP contribution in [0.3, 0.4) is 0 Å². The highest BCUT2D eigenvalue weighted by Gasteiger charge is 2.22. The van der Waals surface area contributed by atoms with E-state index in [9.17, 15) is 0 Å². The van der Waals surface area contributed by atoms with E-state index in [0.717, 1.165) is 22.1 Å². The molecular formula is C18H23O3P. The summed E-state index contributed by atoms with van der Waals surface area (Å²) in [4.78, 5) is 0. The van der Waals surface area contributed by atoms with Crippen molar-refractivity contribution < 1.29 is 14.0 Å². The van der Waals surface area contributed by atoms with E-state index in [1.165, 1.54) is 0 Å². The minimum atomic E-state index is -0.885. The molecule has 4 heteroatoms. The normalized spacial score (nSPS) is 11.5. The Morgan fingerprint density at radius 2 is 1.05 bits per heavy atom. The van der Waals surface area contributed by atoms with Crippen LogP contribution in [0.2, 0.25) is 0 Å². The zero-order valence-corrected chi connectivity index (χ0v) is 14.7. The summed E-state index contributed by atoms with van der Waals surface area (Å²) in [7, 11) is 2.46. The fraction of sp³-hybridized carbons (Fsp3) is 0.333. The SMILES string of the molecule is COc1ccc(P(OC(C)(C)C)c2ccc(OC)cc2)cc1. The topological polar surface area (TPSA) is 27.7 Å². The molecule has 0 radical (unpaired) electrons. The summed E-state index contributed by atoms with van der Waals surface area (Å²) in [6.07, 6.45) is 0. The molecule has 0 aliphatic rings. The summed E-state index contributed by atoms with van der Waals surface area (Å²) >= 11 is 0. The molecule has 0 bridgehead atoms. The van der Waals surface area contributed by atoms with Crippen molar-refractivity contribution in [3.63, 3.8) is 0 Å². The third-order valence-corrected chi connectivity index (χ3v) is 5.24. The standard InChI is InChI=1S/C18H23O3P/c1-18(2,3)21-22(16-10-6-14(19-4)7-11-16)17-12-8-15(20-5)9-13-17/h6-13H,1-5H3. The van der Waals surface area contributed by atoms with Gasteiger partial charge in [0.2, 0.25) is 0 Å². The Morgan fingerprint density at radius 1 is 0.682 bits per heavy atom. The van der Waals surface area contributed by atoms with Crippen LogP contribution in [0.5, 0.6) is 11.5 Å². The molecule has 0 aromatic heterocycles. The maximum Gasteiger partial charge on any atom is 0.118 e. The van der Waals surface area contributed by atoms with Gasteiger partial charge in [0.05, 0.1) is 28.0 Å². The smallest absolute Gasteiger partial charge is 0.118 e. The van der Waals surface area contributed by atoms with Crippen molar-refractivity contribution in [3.8, 4) is 11.5 Å². The van der Waals surface area contributed by atoms with E-state index in [1.54, 1.807) is 14.2 Å². The Kier molecular flexibility index (Phi) is 5.44. The Hall–Kier alpha value is -1.57. The van der Waals surface area contributed by atoms with Crippen molar-refractivity contribution >= 4 is 18.8 Å². The van der Waals surface area contributed by atoms with Crippen LogP contribution in [0.1, 0.15) is 20.8 Å². The second-order valence-electron chi connectivity index (χ2n) is 5.89. The lowest BCUT2D eigenvalue weighted by Gasteiger charge is -2.28. The molecule has 3 nitrogen and oxygen atoms in total. The Morgan fingerprint density at radius 3 is 1.32 bits per heavy atom. The van der Waals surface area contributed by atoms with Crippen LogP contribution in [0.25, 0.3) is 0 Å². The van der Waals surface area contributed by atoms with Crippen LogP contribution in [0.15, 0.2) is 48.5 Å². The van der Waals surface area contributed by atoms with E-state index in [0.29, 0.717) is 0 Å². The van der Waals surface area contributed by atoms with Crippen LogP contribution in [-0.4, -0.2) is 19.8 Å². The average molecular weight is 318 g/mol. The van der Waals surface area contributed by atoms with Crippen LogP contribution in [0, 0.1) is 0 Å². The zero-order valence-electron chi connectivity index (χ0n) is 13.8. The molecule has 0 unspecified atom stereocenters. The zero-order chi connectivity index (χ0) is 16.2. The summed E-state index contributed by atoms with van der Waals surface area (Å²) < 4.78 is 16.8. The number of hydrogen-bond acceptors (Lipinski definition) is 3. The lowest BCUT2D eigenvalue weighted by atomic mass is 10.2. The van der Waals surface area contributed by atoms with Crippen molar-refractivity contribution in [2.45, 2.75) is 26.4 Å². The molecule has 2 aromatic rings. The monoisotopic (exact) mass is 318 g/mol. The second-order valence-corrected chi connectivity index (χ2v) is 7.70. The van der Waals surface area contributed by atoms with Gasteiger partial charge in [-0.1, -0.05) is 0 Å². The van der Waals surface area contributed by atoms with E-state index in [2.05, 4.69) is 45.0 Å². The van der Waals surface area contributed by atoms with Gasteiger partial charge in [0.15, 0.2) is 0 Å². The summed E-state index contributed by atoms with van der Waals surface area (Å²) in [5, 5.41) is 2.33. The van der Waals surface area contributed by atoms with Crippen LogP contribution in [-0.2, 0) is 4.52 Å². The molecule has 0 aliphatic carbocycles. The van der Waals surface area contributed by atoms with Crippen molar-refractivity contribution in [1.29, 1.82) is 0 Å². The van der Waals surface area contributed by atoms with E-state index in [4.69, 9.17) is 14.0 Å². The summed E-state index contributed by atoms with van der Waals surface area (Å²) in [5.74, 6) is 1.70. The first-order chi connectivity index (χ1) is 10.4. The number of methoxy groups -OCH3 is 2. The van der Waals surface area contributed by atoms with Crippen LogP contribution >= 0.6 is 8.15 Å². The minimum absolute atomic E-state index is 0.217. The van der Waals surface area contributed by atoms with Gasteiger partial charge in [-0.2, -0.15) is 0 Å². The molecule has 0 aliphatic heterocycles. The molecule has 22 heavy (non-hydrogen) atoms. The summed E-state index contributed by atoms with van der Waals surface area (Å²) in [6, 6.07) is 16.2. The number of ether oxygens (including phenoxy) is 2. The number of benzene rings is 2. The Balaban J connectivity index is 2.35. The summed E-state index contributed by atoms with van der Waals surface area (Å²) in [6.45, 7) is 6.24. The second kappa shape index (κ2) is 7.13. The lowest BCUT2D eigenvalue weighted by molar-refractivity contribution is 0.155. The Bertz CT molecular complexity index is 538. The fourth-order valence-electron chi connectivity index (χ4n) is 1.96. The van der Waals surface area contributed by atoms with E-state index in [1.807, 2.05) is 24.3 Å². The predicted molar refractivity (Wildman–Crippen MR) is 93.0 cm³/mol. The highest BCUT2D eigenvalue weighted by molar-refractivity contribution is 7.68. The van der Waals surface area contributed by atoms with E-state index < -0.39 is 8.15 Å². The van der Waals surface area contributed by atoms with Crippen molar-refractivity contribution in [2.24, 2.45) is 0 Å². The van der Waals surface area contributed by atoms with Crippen LogP contribution in [0.4, 0.5) is 0 Å². The molecule has 2 aromatic carbocycles. The molecule has 0 amide bonds. The van der Waals surface area contributed by atoms with Gasteiger partial charge in [-0.05, 0) is 69.3 Å². The average Bonchev–Trinajstić information content (AvgIpc) is 2.52. The van der Waals surface area contributed by atoms with Gasteiger partial charge in [-0.15, -0.1) is 0 Å². The first-order valence-corrected chi connectivity index (χ1v) is 8.46. The molecule has 0 saturated heterocycles. The third-order valence-electron chi connectivity index (χ3n) is 2.98. The molecule has 0 fully saturated rings. The molecule has 0 N–H and O–H groups in total. The molecular weight excluding hydrogens is 295 g/mol. The maximum atomic E-state index is 6.34. The highest BCUT2D eigenvalue weighted by atomic mass is 31.1. The van der Waals surface area contributed by atoms with Gasteiger partial charge in [0, 0.05) is 10.6 Å². The molecule has 0 saturated carbocycles. The van der Waals surface area contributed by atoms with Gasteiger partial charge >= 0.3 is 0 Å². The first kappa shape index (κ1) is 16.8. The largest absolute Gasteiger partial charge is 0.497 e. The van der Waals surface area contributed by atoms with Gasteiger partial charge in [0.1, 0.15) is 11.5 Å². The van der Waals surface area contributed by atoms with Crippen LogP contribution < -0.4 is 20.1 Å². The minimum Gasteiger partial charge on any atom is -0.497 e. The molecule has 0 heterocycles. The number of hydrogen-bond donors (Lipinski definition) is 0. The summed E-state index contributed by atoms with van der Waals surface area (Å²) in [5.41, 5.74) is -0.217. The Labute approximate surface area is 134 Å². The van der Waals surface area contributed by atoms with Gasteiger partial charge in [-0.25, -0.2) is 0 Å². The first-order valence-electron chi connectivity index (χ1n) is 7.20. The molecule has 0 atom stereocenters.